The number of hydrogen-bond donors (Lipinski definition) is 2. The molecule has 0 spiro atoms. The van der Waals surface area contributed by atoms with E-state index in [4.69, 9.17) is 0 Å². The molecule has 2 atom stereocenters. The van der Waals surface area contributed by atoms with Crippen LogP contribution in [-0.2, 0) is 0 Å². The summed E-state index contributed by atoms with van der Waals surface area (Å²) < 4.78 is 0. The molecule has 3 nitrogen and oxygen atoms in total. The highest BCUT2D eigenvalue weighted by atomic mass is 16.3. The Kier molecular flexibility index (Phi) is 12.6. The van der Waals surface area contributed by atoms with Gasteiger partial charge in [0.2, 0.25) is 0 Å². The van der Waals surface area contributed by atoms with Crippen molar-refractivity contribution in [1.82, 2.24) is 10.2 Å². The summed E-state index contributed by atoms with van der Waals surface area (Å²) in [7, 11) is 0. The van der Waals surface area contributed by atoms with Gasteiger partial charge in [-0.1, -0.05) is 64.0 Å². The molecule has 0 fully saturated rings. The largest absolute Gasteiger partial charge is 0.374 e. The van der Waals surface area contributed by atoms with Crippen LogP contribution in [-0.4, -0.2) is 22.4 Å². The van der Waals surface area contributed by atoms with Crippen LogP contribution in [0, 0.1) is 0 Å². The molecule has 1 aliphatic rings. The van der Waals surface area contributed by atoms with Crippen molar-refractivity contribution in [2.24, 2.45) is 0 Å². The second kappa shape index (κ2) is 14.4. The summed E-state index contributed by atoms with van der Waals surface area (Å²) in [4.78, 5) is 1.99. The van der Waals surface area contributed by atoms with Gasteiger partial charge in [-0.25, -0.2) is 0 Å². The molecule has 140 valence electrons. The van der Waals surface area contributed by atoms with Crippen molar-refractivity contribution in [3.63, 3.8) is 0 Å². The molecule has 0 aromatic carbocycles. The minimum atomic E-state index is -0.405. The molecule has 24 heavy (non-hydrogen) atoms. The van der Waals surface area contributed by atoms with Crippen LogP contribution in [0.1, 0.15) is 97.3 Å². The van der Waals surface area contributed by atoms with E-state index in [1.54, 1.807) is 0 Å². The van der Waals surface area contributed by atoms with Gasteiger partial charge in [-0.05, 0) is 45.4 Å². The van der Waals surface area contributed by atoms with Crippen LogP contribution in [0.3, 0.4) is 0 Å². The average molecular weight is 337 g/mol. The minimum Gasteiger partial charge on any atom is -0.374 e. The fourth-order valence-electron chi connectivity index (χ4n) is 3.28. The summed E-state index contributed by atoms with van der Waals surface area (Å²) in [6, 6.07) is 0. The van der Waals surface area contributed by atoms with E-state index in [9.17, 15) is 5.11 Å². The molecule has 2 unspecified atom stereocenters. The van der Waals surface area contributed by atoms with Gasteiger partial charge in [-0.15, -0.1) is 0 Å². The lowest BCUT2D eigenvalue weighted by molar-refractivity contribution is 0.0254. The third-order valence-electron chi connectivity index (χ3n) is 4.82. The number of rotatable bonds is 15. The summed E-state index contributed by atoms with van der Waals surface area (Å²) in [5.74, 6) is 0. The maximum absolute atomic E-state index is 9.66. The number of unbranched alkanes of at least 4 members (excludes halogenated alkanes) is 10. The topological polar surface area (TPSA) is 35.5 Å². The molecule has 2 N–H and O–H groups in total. The van der Waals surface area contributed by atoms with Crippen molar-refractivity contribution >= 4 is 0 Å². The molecular weight excluding hydrogens is 296 g/mol. The van der Waals surface area contributed by atoms with Crippen molar-refractivity contribution in [3.8, 4) is 0 Å². The van der Waals surface area contributed by atoms with Crippen molar-refractivity contribution < 1.29 is 5.11 Å². The van der Waals surface area contributed by atoms with E-state index in [2.05, 4.69) is 24.4 Å². The summed E-state index contributed by atoms with van der Waals surface area (Å²) in [5, 5.41) is 13.0. The van der Waals surface area contributed by atoms with Gasteiger partial charge < -0.3 is 15.3 Å². The number of aliphatic hydroxyl groups excluding tert-OH is 1. The van der Waals surface area contributed by atoms with E-state index in [1.807, 2.05) is 24.2 Å². The highest BCUT2D eigenvalue weighted by Gasteiger charge is 2.20. The second-order valence-electron chi connectivity index (χ2n) is 7.10. The van der Waals surface area contributed by atoms with Gasteiger partial charge in [0.25, 0.3) is 0 Å². The molecule has 0 saturated heterocycles. The normalized spacial score (nSPS) is 18.5. The SMILES string of the molecule is CCCCCCCC/C=C/CCCCCCC1NC=CN1C(C)O. The highest BCUT2D eigenvalue weighted by Crippen LogP contribution is 2.16. The predicted molar refractivity (Wildman–Crippen MR) is 104 cm³/mol. The molecule has 0 saturated carbocycles. The third-order valence-corrected chi connectivity index (χ3v) is 4.82. The Morgan fingerprint density at radius 2 is 1.54 bits per heavy atom. The van der Waals surface area contributed by atoms with Gasteiger partial charge in [-0.2, -0.15) is 0 Å². The standard InChI is InChI=1S/C21H40N2O/c1-3-4-5-6-7-8-9-10-11-12-13-14-15-16-17-21-22-18-19-23(21)20(2)24/h10-11,18-22,24H,3-9,12-17H2,1-2H3/b11-10+. The lowest BCUT2D eigenvalue weighted by Crippen LogP contribution is -2.40. The maximum atomic E-state index is 9.66. The zero-order valence-electron chi connectivity index (χ0n) is 16.1. The second-order valence-corrected chi connectivity index (χ2v) is 7.10. The fourth-order valence-corrected chi connectivity index (χ4v) is 3.28. The van der Waals surface area contributed by atoms with Crippen LogP contribution in [0.5, 0.6) is 0 Å². The molecule has 0 radical (unpaired) electrons. The maximum Gasteiger partial charge on any atom is 0.125 e. The van der Waals surface area contributed by atoms with Gasteiger partial charge in [0.05, 0.1) is 0 Å². The van der Waals surface area contributed by atoms with Crippen LogP contribution in [0.15, 0.2) is 24.6 Å². The zero-order valence-corrected chi connectivity index (χ0v) is 16.1. The Hall–Kier alpha value is -0.960. The molecule has 1 heterocycles. The van der Waals surface area contributed by atoms with E-state index in [0.29, 0.717) is 0 Å². The highest BCUT2D eigenvalue weighted by molar-refractivity contribution is 4.94. The molecular formula is C21H40N2O. The molecule has 0 aromatic heterocycles. The van der Waals surface area contributed by atoms with Crippen LogP contribution in [0.4, 0.5) is 0 Å². The molecule has 1 aliphatic heterocycles. The van der Waals surface area contributed by atoms with Gasteiger partial charge in [0, 0.05) is 12.4 Å². The van der Waals surface area contributed by atoms with Gasteiger partial charge in [0.1, 0.15) is 12.4 Å². The van der Waals surface area contributed by atoms with E-state index in [1.165, 1.54) is 77.0 Å². The zero-order chi connectivity index (χ0) is 17.5. The molecule has 1 rings (SSSR count). The van der Waals surface area contributed by atoms with Gasteiger partial charge >= 0.3 is 0 Å². The van der Waals surface area contributed by atoms with E-state index >= 15 is 0 Å². The van der Waals surface area contributed by atoms with Crippen LogP contribution in [0.25, 0.3) is 0 Å². The van der Waals surface area contributed by atoms with Gasteiger partial charge in [0.15, 0.2) is 0 Å². The Labute approximate surface area is 150 Å². The van der Waals surface area contributed by atoms with Crippen LogP contribution < -0.4 is 5.32 Å². The van der Waals surface area contributed by atoms with E-state index in [-0.39, 0.29) is 6.17 Å². The van der Waals surface area contributed by atoms with Crippen LogP contribution in [0.2, 0.25) is 0 Å². The van der Waals surface area contributed by atoms with Crippen molar-refractivity contribution in [1.29, 1.82) is 0 Å². The Morgan fingerprint density at radius 3 is 2.17 bits per heavy atom. The van der Waals surface area contributed by atoms with Crippen LogP contribution >= 0.6 is 0 Å². The Morgan fingerprint density at radius 1 is 0.958 bits per heavy atom. The van der Waals surface area contributed by atoms with E-state index < -0.39 is 6.23 Å². The first-order valence-electron chi connectivity index (χ1n) is 10.3. The number of nitrogens with zero attached hydrogens (tertiary/aromatic N) is 1. The number of hydrogen-bond acceptors (Lipinski definition) is 3. The first-order valence-corrected chi connectivity index (χ1v) is 10.3. The Bertz CT molecular complexity index is 339. The first kappa shape index (κ1) is 21.1. The van der Waals surface area contributed by atoms with Crippen molar-refractivity contribution in [2.75, 3.05) is 0 Å². The number of allylic oxidation sites excluding steroid dienone is 2. The first-order chi connectivity index (χ1) is 11.8. The molecule has 0 aliphatic carbocycles. The summed E-state index contributed by atoms with van der Waals surface area (Å²) >= 11 is 0. The molecule has 0 bridgehead atoms. The lowest BCUT2D eigenvalue weighted by atomic mass is 10.1. The summed E-state index contributed by atoms with van der Waals surface area (Å²) in [6.07, 6.45) is 25.6. The number of nitrogens with one attached hydrogen (secondary N) is 1. The average Bonchev–Trinajstić information content (AvgIpc) is 3.04. The Balaban J connectivity index is 1.84. The minimum absolute atomic E-state index is 0.280. The smallest absolute Gasteiger partial charge is 0.125 e. The van der Waals surface area contributed by atoms with E-state index in [0.717, 1.165) is 6.42 Å². The molecule has 0 amide bonds. The monoisotopic (exact) mass is 336 g/mol. The van der Waals surface area contributed by atoms with Crippen molar-refractivity contribution in [3.05, 3.63) is 24.6 Å². The lowest BCUT2D eigenvalue weighted by Gasteiger charge is -2.28. The molecule has 3 heteroatoms. The quantitative estimate of drug-likeness (QED) is 0.298. The number of aliphatic hydroxyl groups is 1. The van der Waals surface area contributed by atoms with Gasteiger partial charge in [-0.3, -0.25) is 0 Å². The van der Waals surface area contributed by atoms with Crippen molar-refractivity contribution in [2.45, 2.75) is 110 Å². The summed E-state index contributed by atoms with van der Waals surface area (Å²) in [6.45, 7) is 4.09. The fraction of sp³-hybridized carbons (Fsp3) is 0.810. The molecule has 0 aromatic rings. The third kappa shape index (κ3) is 10.0. The summed E-state index contributed by atoms with van der Waals surface area (Å²) in [5.41, 5.74) is 0. The predicted octanol–water partition coefficient (Wildman–Crippen LogP) is 5.67.